The van der Waals surface area contributed by atoms with Gasteiger partial charge in [-0.15, -0.1) is 0 Å². The highest BCUT2D eigenvalue weighted by atomic mass is 19.1. The Morgan fingerprint density at radius 1 is 1.31 bits per heavy atom. The summed E-state index contributed by atoms with van der Waals surface area (Å²) in [7, 11) is 0. The molecule has 4 heteroatoms. The second-order valence-corrected chi connectivity index (χ2v) is 4.38. The maximum atomic E-state index is 13.5. The van der Waals surface area contributed by atoms with Crippen LogP contribution in [0.15, 0.2) is 18.2 Å². The molecule has 0 spiro atoms. The summed E-state index contributed by atoms with van der Waals surface area (Å²) in [5.41, 5.74) is 5.51. The smallest absolute Gasteiger partial charge is 0.129 e. The number of hydrogen-bond donors (Lipinski definition) is 1. The van der Waals surface area contributed by atoms with Crippen LogP contribution in [-0.4, -0.2) is 19.8 Å². The Morgan fingerprint density at radius 2 is 2.00 bits per heavy atom. The first-order valence-corrected chi connectivity index (χ1v) is 5.38. The molecule has 2 N–H and O–H groups in total. The van der Waals surface area contributed by atoms with Gasteiger partial charge in [0.15, 0.2) is 0 Å². The lowest BCUT2D eigenvalue weighted by Gasteiger charge is -2.25. The number of hydrogen-bond acceptors (Lipinski definition) is 2. The van der Waals surface area contributed by atoms with Gasteiger partial charge in [-0.2, -0.15) is 0 Å². The summed E-state index contributed by atoms with van der Waals surface area (Å²) in [6.07, 6.45) is 1.07. The minimum absolute atomic E-state index is 0.124. The molecular weight excluding hydrogens is 212 g/mol. The Bertz CT molecular complexity index is 355. The van der Waals surface area contributed by atoms with Gasteiger partial charge in [0.2, 0.25) is 0 Å². The molecule has 1 aliphatic rings. The van der Waals surface area contributed by atoms with Gasteiger partial charge >= 0.3 is 0 Å². The van der Waals surface area contributed by atoms with Gasteiger partial charge in [0, 0.05) is 24.1 Å². The van der Waals surface area contributed by atoms with Crippen LogP contribution in [0.3, 0.4) is 0 Å². The lowest BCUT2D eigenvalue weighted by molar-refractivity contribution is 0.153. The van der Waals surface area contributed by atoms with Crippen molar-refractivity contribution in [1.82, 2.24) is 0 Å². The minimum Gasteiger partial charge on any atom is -0.381 e. The molecule has 0 aliphatic carbocycles. The SMILES string of the molecule is NCC1(Cc2c(F)cccc2F)CCOC1. The van der Waals surface area contributed by atoms with E-state index in [1.807, 2.05) is 0 Å². The molecule has 0 bridgehead atoms. The van der Waals surface area contributed by atoms with E-state index in [1.165, 1.54) is 18.2 Å². The number of ether oxygens (including phenoxy) is 1. The van der Waals surface area contributed by atoms with E-state index in [-0.39, 0.29) is 11.0 Å². The minimum atomic E-state index is -0.500. The molecule has 1 fully saturated rings. The molecule has 1 aromatic carbocycles. The predicted molar refractivity (Wildman–Crippen MR) is 57.0 cm³/mol. The summed E-state index contributed by atoms with van der Waals surface area (Å²) in [6, 6.07) is 3.92. The van der Waals surface area contributed by atoms with Gasteiger partial charge in [-0.25, -0.2) is 8.78 Å². The molecule has 88 valence electrons. The van der Waals surface area contributed by atoms with E-state index < -0.39 is 11.6 Å². The van der Waals surface area contributed by atoms with Gasteiger partial charge < -0.3 is 10.5 Å². The van der Waals surface area contributed by atoms with Crippen LogP contribution in [0.4, 0.5) is 8.78 Å². The van der Waals surface area contributed by atoms with E-state index in [0.29, 0.717) is 26.2 Å². The van der Waals surface area contributed by atoms with E-state index in [9.17, 15) is 8.78 Å². The van der Waals surface area contributed by atoms with E-state index in [4.69, 9.17) is 10.5 Å². The quantitative estimate of drug-likeness (QED) is 0.855. The molecule has 0 saturated carbocycles. The van der Waals surface area contributed by atoms with Gasteiger partial charge in [-0.3, -0.25) is 0 Å². The van der Waals surface area contributed by atoms with E-state index in [0.717, 1.165) is 6.42 Å². The van der Waals surface area contributed by atoms with Crippen LogP contribution in [0, 0.1) is 17.0 Å². The predicted octanol–water partition coefficient (Wildman–Crippen LogP) is 1.87. The summed E-state index contributed by atoms with van der Waals surface area (Å²) in [6.45, 7) is 1.49. The Hall–Kier alpha value is -1.00. The Balaban J connectivity index is 2.25. The first kappa shape index (κ1) is 11.5. The second-order valence-electron chi connectivity index (χ2n) is 4.38. The summed E-state index contributed by atoms with van der Waals surface area (Å²) in [5, 5.41) is 0. The number of nitrogens with two attached hydrogens (primary N) is 1. The molecule has 2 rings (SSSR count). The van der Waals surface area contributed by atoms with Crippen molar-refractivity contribution in [2.45, 2.75) is 12.8 Å². The topological polar surface area (TPSA) is 35.2 Å². The number of halogens is 2. The third-order valence-electron chi connectivity index (χ3n) is 3.23. The van der Waals surface area contributed by atoms with Crippen LogP contribution < -0.4 is 5.73 Å². The van der Waals surface area contributed by atoms with Crippen molar-refractivity contribution in [1.29, 1.82) is 0 Å². The van der Waals surface area contributed by atoms with Gasteiger partial charge in [0.25, 0.3) is 0 Å². The first-order chi connectivity index (χ1) is 7.67. The fourth-order valence-corrected chi connectivity index (χ4v) is 2.10. The van der Waals surface area contributed by atoms with Crippen LogP contribution in [0.2, 0.25) is 0 Å². The van der Waals surface area contributed by atoms with Crippen molar-refractivity contribution < 1.29 is 13.5 Å². The zero-order chi connectivity index (χ0) is 11.6. The van der Waals surface area contributed by atoms with Crippen LogP contribution in [0.1, 0.15) is 12.0 Å². The van der Waals surface area contributed by atoms with Crippen molar-refractivity contribution in [3.8, 4) is 0 Å². The standard InChI is InChI=1S/C12H15F2NO/c13-10-2-1-3-11(14)9(10)6-12(7-15)4-5-16-8-12/h1-3H,4-8,15H2. The van der Waals surface area contributed by atoms with Crippen LogP contribution in [-0.2, 0) is 11.2 Å². The van der Waals surface area contributed by atoms with Gasteiger partial charge in [0.1, 0.15) is 11.6 Å². The van der Waals surface area contributed by atoms with Gasteiger partial charge in [-0.1, -0.05) is 6.07 Å². The van der Waals surface area contributed by atoms with E-state index in [2.05, 4.69) is 0 Å². The maximum Gasteiger partial charge on any atom is 0.129 e. The molecule has 16 heavy (non-hydrogen) atoms. The number of rotatable bonds is 3. The normalized spacial score (nSPS) is 24.9. The Labute approximate surface area is 93.4 Å². The lowest BCUT2D eigenvalue weighted by Crippen LogP contribution is -2.33. The van der Waals surface area contributed by atoms with E-state index >= 15 is 0 Å². The fourth-order valence-electron chi connectivity index (χ4n) is 2.10. The Morgan fingerprint density at radius 3 is 2.50 bits per heavy atom. The van der Waals surface area contributed by atoms with Crippen LogP contribution in [0.5, 0.6) is 0 Å². The molecule has 1 saturated heterocycles. The summed E-state index contributed by atoms with van der Waals surface area (Å²) >= 11 is 0. The molecule has 1 unspecified atom stereocenters. The molecular formula is C12H15F2NO. The van der Waals surface area contributed by atoms with Crippen LogP contribution in [0.25, 0.3) is 0 Å². The molecule has 1 aromatic rings. The summed E-state index contributed by atoms with van der Waals surface area (Å²) < 4.78 is 32.3. The highest BCUT2D eigenvalue weighted by Gasteiger charge is 2.35. The average molecular weight is 227 g/mol. The summed E-state index contributed by atoms with van der Waals surface area (Å²) in [4.78, 5) is 0. The molecule has 0 radical (unpaired) electrons. The lowest BCUT2D eigenvalue weighted by atomic mass is 9.81. The summed E-state index contributed by atoms with van der Waals surface area (Å²) in [5.74, 6) is -1.00. The highest BCUT2D eigenvalue weighted by molar-refractivity contribution is 5.21. The molecule has 1 heterocycles. The second kappa shape index (κ2) is 4.47. The van der Waals surface area contributed by atoms with Gasteiger partial charge in [-0.05, 0) is 25.0 Å². The molecule has 2 nitrogen and oxygen atoms in total. The zero-order valence-corrected chi connectivity index (χ0v) is 9.01. The maximum absolute atomic E-state index is 13.5. The molecule has 0 amide bonds. The van der Waals surface area contributed by atoms with Crippen molar-refractivity contribution in [2.24, 2.45) is 11.1 Å². The fraction of sp³-hybridized carbons (Fsp3) is 0.500. The van der Waals surface area contributed by atoms with Crippen LogP contribution >= 0.6 is 0 Å². The molecule has 1 atom stereocenters. The Kier molecular flexibility index (Phi) is 3.21. The monoisotopic (exact) mass is 227 g/mol. The number of benzene rings is 1. The van der Waals surface area contributed by atoms with Crippen molar-refractivity contribution >= 4 is 0 Å². The third kappa shape index (κ3) is 2.08. The average Bonchev–Trinajstić information content (AvgIpc) is 2.73. The largest absolute Gasteiger partial charge is 0.381 e. The van der Waals surface area contributed by atoms with Crippen molar-refractivity contribution in [2.75, 3.05) is 19.8 Å². The first-order valence-electron chi connectivity index (χ1n) is 5.38. The highest BCUT2D eigenvalue weighted by Crippen LogP contribution is 2.33. The molecule has 1 aliphatic heterocycles. The molecule has 0 aromatic heterocycles. The van der Waals surface area contributed by atoms with Gasteiger partial charge in [0.05, 0.1) is 6.61 Å². The van der Waals surface area contributed by atoms with E-state index in [1.54, 1.807) is 0 Å². The third-order valence-corrected chi connectivity index (χ3v) is 3.23. The van der Waals surface area contributed by atoms with Crippen molar-refractivity contribution in [3.63, 3.8) is 0 Å². The zero-order valence-electron chi connectivity index (χ0n) is 9.01. The van der Waals surface area contributed by atoms with Crippen molar-refractivity contribution in [3.05, 3.63) is 35.4 Å².